The molecule has 0 atom stereocenters. The molecule has 4 aromatic carbocycles. The van der Waals surface area contributed by atoms with Crippen LogP contribution in [-0.2, 0) is 5.31 Å². The Kier molecular flexibility index (Phi) is 6.94. The molecule has 28 heavy (non-hydrogen) atoms. The third-order valence-corrected chi connectivity index (χ3v) is 5.25. The lowest BCUT2D eigenvalue weighted by atomic mass is 9.55. The molecule has 0 amide bonds. The van der Waals surface area contributed by atoms with Crippen LogP contribution in [0.25, 0.3) is 11.1 Å². The first-order chi connectivity index (χ1) is 12.8. The first kappa shape index (κ1) is 21.2. The van der Waals surface area contributed by atoms with Crippen LogP contribution in [-0.4, -0.2) is 18.8 Å². The molecule has 0 aliphatic rings. The Morgan fingerprint density at radius 3 is 1.36 bits per heavy atom. The predicted octanol–water partition coefficient (Wildman–Crippen LogP) is 3.63. The third kappa shape index (κ3) is 3.77. The van der Waals surface area contributed by atoms with Gasteiger partial charge in [-0.3, -0.25) is 0 Å². The van der Waals surface area contributed by atoms with Crippen LogP contribution in [0, 0.1) is 0 Å². The van der Waals surface area contributed by atoms with Gasteiger partial charge in [0, 0.05) is 5.31 Å². The van der Waals surface area contributed by atoms with E-state index in [-0.39, 0.29) is 16.3 Å². The van der Waals surface area contributed by atoms with Crippen LogP contribution in [0.2, 0.25) is 0 Å². The number of hydrogen-bond donors (Lipinski definition) is 0. The van der Waals surface area contributed by atoms with Crippen LogP contribution >= 0.6 is 0 Å². The van der Waals surface area contributed by atoms with Crippen molar-refractivity contribution in [2.24, 2.45) is 0 Å². The van der Waals surface area contributed by atoms with Gasteiger partial charge >= 0.3 is 0 Å². The molecule has 0 spiro atoms. The molecule has 0 bridgehead atoms. The van der Waals surface area contributed by atoms with E-state index in [1.165, 1.54) is 27.8 Å². The molecule has 0 saturated carbocycles. The summed E-state index contributed by atoms with van der Waals surface area (Å²) in [5.41, 5.74) is 6.46. The van der Waals surface area contributed by atoms with E-state index < -0.39 is 0 Å². The maximum Gasteiger partial charge on any atom is 0.126 e. The molecule has 0 heterocycles. The van der Waals surface area contributed by atoms with Crippen molar-refractivity contribution >= 4 is 7.85 Å². The fraction of sp³-hybridized carbons (Fsp3) is 0.0400. The maximum atomic E-state index is 2.33. The van der Waals surface area contributed by atoms with E-state index >= 15 is 0 Å². The Labute approximate surface area is 167 Å². The van der Waals surface area contributed by atoms with Gasteiger partial charge in [0.1, 0.15) is 7.85 Å². The van der Waals surface area contributed by atoms with E-state index in [0.29, 0.717) is 0 Å². The Morgan fingerprint density at radius 2 is 0.857 bits per heavy atom. The molecule has 140 valence electrons. The van der Waals surface area contributed by atoms with Gasteiger partial charge in [-0.15, -0.1) is 0 Å². The minimum atomic E-state index is -0.227. The molecule has 0 fully saturated rings. The summed E-state index contributed by atoms with van der Waals surface area (Å²) in [6.07, 6.45) is 0. The monoisotopic (exact) mass is 368 g/mol. The van der Waals surface area contributed by atoms with Crippen molar-refractivity contribution in [2.75, 3.05) is 0 Å². The summed E-state index contributed by atoms with van der Waals surface area (Å²) in [6.45, 7) is 0. The van der Waals surface area contributed by atoms with Crippen LogP contribution < -0.4 is 0 Å². The van der Waals surface area contributed by atoms with E-state index in [0.717, 1.165) is 0 Å². The summed E-state index contributed by atoms with van der Waals surface area (Å²) >= 11 is 0. The second-order valence-corrected chi connectivity index (χ2v) is 6.77. The van der Waals surface area contributed by atoms with Gasteiger partial charge in [0.05, 0.1) is 0 Å². The second-order valence-electron chi connectivity index (χ2n) is 6.77. The van der Waals surface area contributed by atoms with Crippen molar-refractivity contribution in [3.63, 3.8) is 0 Å². The Hall–Kier alpha value is -3.14. The highest BCUT2D eigenvalue weighted by Crippen LogP contribution is 2.40. The second kappa shape index (κ2) is 9.18. The van der Waals surface area contributed by atoms with E-state index in [2.05, 4.69) is 123 Å². The van der Waals surface area contributed by atoms with E-state index in [4.69, 9.17) is 0 Å². The molecule has 3 heteroatoms. The zero-order valence-electron chi connectivity index (χ0n) is 16.0. The van der Waals surface area contributed by atoms with Crippen molar-refractivity contribution < 1.29 is 11.0 Å². The van der Waals surface area contributed by atoms with E-state index in [9.17, 15) is 0 Å². The smallest absolute Gasteiger partial charge is 0.126 e. The van der Waals surface area contributed by atoms with Gasteiger partial charge in [0.2, 0.25) is 0 Å². The molecular weight excluding hydrogens is 343 g/mol. The summed E-state index contributed by atoms with van der Waals surface area (Å²) < 4.78 is 0. The lowest BCUT2D eigenvalue weighted by Crippen LogP contribution is -2.30. The molecule has 0 saturated heterocycles. The standard InChI is InChI=1S/C25H21B.2H2O/c26-25(21-14-6-2-7-15-21,22-16-8-3-9-17-22)24-19-11-10-18-23(24)20-12-4-1-5-13-20;;/h1-19H,26H2;2*1H2. The molecule has 4 aromatic rings. The van der Waals surface area contributed by atoms with Crippen molar-refractivity contribution in [3.05, 3.63) is 132 Å². The zero-order valence-corrected chi connectivity index (χ0v) is 16.0. The van der Waals surface area contributed by atoms with Gasteiger partial charge in [-0.05, 0) is 27.8 Å². The largest absolute Gasteiger partial charge is 0.412 e. The minimum absolute atomic E-state index is 0. The first-order valence-corrected chi connectivity index (χ1v) is 9.06. The molecule has 0 aromatic heterocycles. The molecule has 0 radical (unpaired) electrons. The predicted molar refractivity (Wildman–Crippen MR) is 120 cm³/mol. The molecule has 0 aliphatic heterocycles. The summed E-state index contributed by atoms with van der Waals surface area (Å²) in [5, 5.41) is -0.227. The molecule has 0 aliphatic carbocycles. The molecule has 2 nitrogen and oxygen atoms in total. The Bertz CT molecular complexity index is 947. The topological polar surface area (TPSA) is 63.0 Å². The summed E-state index contributed by atoms with van der Waals surface area (Å²) in [7, 11) is 2.33. The zero-order chi connectivity index (χ0) is 17.8. The molecule has 0 unspecified atom stereocenters. The van der Waals surface area contributed by atoms with Gasteiger partial charge in [0.15, 0.2) is 0 Å². The van der Waals surface area contributed by atoms with Gasteiger partial charge in [-0.25, -0.2) is 0 Å². The van der Waals surface area contributed by atoms with Gasteiger partial charge in [0.25, 0.3) is 0 Å². The average Bonchev–Trinajstić information content (AvgIpc) is 2.75. The average molecular weight is 368 g/mol. The normalized spacial score (nSPS) is 10.4. The van der Waals surface area contributed by atoms with Crippen LogP contribution in [0.4, 0.5) is 0 Å². The van der Waals surface area contributed by atoms with Gasteiger partial charge < -0.3 is 11.0 Å². The molecule has 4 N–H and O–H groups in total. The van der Waals surface area contributed by atoms with Crippen LogP contribution in [0.1, 0.15) is 16.7 Å². The van der Waals surface area contributed by atoms with Crippen LogP contribution in [0.15, 0.2) is 115 Å². The number of hydrogen-bond acceptors (Lipinski definition) is 0. The lowest BCUT2D eigenvalue weighted by Gasteiger charge is -2.34. The number of benzene rings is 4. The molecular formula is C25H25BO2. The highest BCUT2D eigenvalue weighted by Gasteiger charge is 2.32. The fourth-order valence-corrected chi connectivity index (χ4v) is 3.81. The minimum Gasteiger partial charge on any atom is -0.412 e. The quantitative estimate of drug-likeness (QED) is 0.390. The first-order valence-electron chi connectivity index (χ1n) is 9.06. The van der Waals surface area contributed by atoms with Gasteiger partial charge in [-0.2, -0.15) is 0 Å². The van der Waals surface area contributed by atoms with Crippen LogP contribution in [0.3, 0.4) is 0 Å². The van der Waals surface area contributed by atoms with Crippen molar-refractivity contribution in [1.82, 2.24) is 0 Å². The van der Waals surface area contributed by atoms with Gasteiger partial charge in [-0.1, -0.05) is 115 Å². The van der Waals surface area contributed by atoms with E-state index in [1.807, 2.05) is 0 Å². The van der Waals surface area contributed by atoms with E-state index in [1.54, 1.807) is 0 Å². The Morgan fingerprint density at radius 1 is 0.464 bits per heavy atom. The van der Waals surface area contributed by atoms with Crippen molar-refractivity contribution in [2.45, 2.75) is 5.31 Å². The SMILES string of the molecule is BC(c1ccccc1)(c1ccccc1)c1ccccc1-c1ccccc1.O.O. The van der Waals surface area contributed by atoms with Crippen molar-refractivity contribution in [1.29, 1.82) is 0 Å². The molecule has 4 rings (SSSR count). The third-order valence-electron chi connectivity index (χ3n) is 5.25. The summed E-state index contributed by atoms with van der Waals surface area (Å²) in [6, 6.07) is 41.0. The lowest BCUT2D eigenvalue weighted by molar-refractivity contribution is 0.823. The Balaban J connectivity index is 0.00000140. The fourth-order valence-electron chi connectivity index (χ4n) is 3.81. The van der Waals surface area contributed by atoms with Crippen LogP contribution in [0.5, 0.6) is 0 Å². The highest BCUT2D eigenvalue weighted by molar-refractivity contribution is 6.21. The number of rotatable bonds is 4. The highest BCUT2D eigenvalue weighted by atomic mass is 16.0. The summed E-state index contributed by atoms with van der Waals surface area (Å²) in [4.78, 5) is 0. The summed E-state index contributed by atoms with van der Waals surface area (Å²) in [5.74, 6) is 0. The van der Waals surface area contributed by atoms with Crippen molar-refractivity contribution in [3.8, 4) is 11.1 Å². The maximum absolute atomic E-state index is 2.33.